The number of amides is 1. The number of aromatic nitrogens is 2. The third-order valence-electron chi connectivity index (χ3n) is 4.40. The molecule has 1 amide bonds. The molecule has 9 nitrogen and oxygen atoms in total. The second-order valence-corrected chi connectivity index (χ2v) is 6.27. The van der Waals surface area contributed by atoms with Gasteiger partial charge < -0.3 is 14.2 Å². The molecule has 0 aliphatic carbocycles. The fraction of sp³-hybridized carbons (Fsp3) is 0.200. The number of aryl methyl sites for hydroxylation is 1. The molecule has 0 atom stereocenters. The third kappa shape index (κ3) is 3.49. The molecule has 0 bridgehead atoms. The number of carbonyl (C=O) groups is 1. The molecule has 2 aromatic carbocycles. The number of rotatable bonds is 4. The molecule has 2 heterocycles. The van der Waals surface area contributed by atoms with Gasteiger partial charge in [0.15, 0.2) is 17.2 Å². The van der Waals surface area contributed by atoms with E-state index in [1.165, 1.54) is 20.4 Å². The Bertz CT molecular complexity index is 1170. The first-order chi connectivity index (χ1) is 14.1. The molecular weight excluding hydrogens is 376 g/mol. The zero-order valence-corrected chi connectivity index (χ0v) is 15.8. The van der Waals surface area contributed by atoms with Crippen molar-refractivity contribution in [3.8, 4) is 17.2 Å². The van der Waals surface area contributed by atoms with Crippen LogP contribution in [-0.4, -0.2) is 42.2 Å². The minimum absolute atomic E-state index is 0.111. The Morgan fingerprint density at radius 3 is 2.79 bits per heavy atom. The van der Waals surface area contributed by atoms with Gasteiger partial charge in [0.05, 0.1) is 18.7 Å². The van der Waals surface area contributed by atoms with E-state index >= 15 is 0 Å². The number of hydrogen-bond donors (Lipinski definition) is 1. The summed E-state index contributed by atoms with van der Waals surface area (Å²) in [6.45, 7) is 0.895. The lowest BCUT2D eigenvalue weighted by molar-refractivity contribution is 0.0950. The summed E-state index contributed by atoms with van der Waals surface area (Å²) in [7, 11) is 3.03. The zero-order valence-electron chi connectivity index (χ0n) is 15.8. The van der Waals surface area contributed by atoms with Crippen LogP contribution in [0.5, 0.6) is 17.2 Å². The average Bonchev–Trinajstić information content (AvgIpc) is 2.75. The highest BCUT2D eigenvalue weighted by molar-refractivity contribution is 6.05. The van der Waals surface area contributed by atoms with Crippen molar-refractivity contribution in [2.75, 3.05) is 20.3 Å². The third-order valence-corrected chi connectivity index (χ3v) is 4.40. The summed E-state index contributed by atoms with van der Waals surface area (Å²) in [6, 6.07) is 10.3. The molecule has 29 heavy (non-hydrogen) atoms. The van der Waals surface area contributed by atoms with E-state index in [-0.39, 0.29) is 11.3 Å². The molecule has 1 aliphatic heterocycles. The van der Waals surface area contributed by atoms with Crippen LogP contribution in [0.3, 0.4) is 0 Å². The van der Waals surface area contributed by atoms with E-state index in [1.807, 2.05) is 0 Å². The van der Waals surface area contributed by atoms with Gasteiger partial charge in [-0.05, 0) is 18.2 Å². The maximum Gasteiger partial charge on any atom is 0.292 e. The molecule has 1 aromatic heterocycles. The van der Waals surface area contributed by atoms with Crippen LogP contribution in [0.25, 0.3) is 10.8 Å². The van der Waals surface area contributed by atoms with Crippen molar-refractivity contribution in [3.05, 3.63) is 58.0 Å². The van der Waals surface area contributed by atoms with E-state index in [9.17, 15) is 9.59 Å². The van der Waals surface area contributed by atoms with Gasteiger partial charge in [-0.2, -0.15) is 10.2 Å². The predicted octanol–water partition coefficient (Wildman–Crippen LogP) is 1.48. The number of nitrogens with zero attached hydrogens (tertiary/aromatic N) is 3. The Hall–Kier alpha value is -3.88. The van der Waals surface area contributed by atoms with Crippen LogP contribution >= 0.6 is 0 Å². The van der Waals surface area contributed by atoms with E-state index < -0.39 is 5.91 Å². The lowest BCUT2D eigenvalue weighted by Crippen LogP contribution is -2.27. The summed E-state index contributed by atoms with van der Waals surface area (Å²) in [4.78, 5) is 24.8. The Morgan fingerprint density at radius 2 is 2.00 bits per heavy atom. The number of carbonyl (C=O) groups excluding carboxylic acids is 1. The molecule has 1 N–H and O–H groups in total. The van der Waals surface area contributed by atoms with E-state index in [2.05, 4.69) is 15.6 Å². The van der Waals surface area contributed by atoms with Crippen molar-refractivity contribution in [3.63, 3.8) is 0 Å². The summed E-state index contributed by atoms with van der Waals surface area (Å²) in [5.41, 5.74) is 2.94. The highest BCUT2D eigenvalue weighted by Gasteiger charge is 2.18. The van der Waals surface area contributed by atoms with E-state index in [1.54, 1.807) is 36.4 Å². The van der Waals surface area contributed by atoms with Gasteiger partial charge in [0.1, 0.15) is 13.2 Å². The van der Waals surface area contributed by atoms with Crippen LogP contribution in [-0.2, 0) is 7.05 Å². The van der Waals surface area contributed by atoms with Crippen molar-refractivity contribution in [1.82, 2.24) is 15.2 Å². The number of fused-ring (bicyclic) bond motifs is 2. The second-order valence-electron chi connectivity index (χ2n) is 6.27. The maximum absolute atomic E-state index is 12.6. The van der Waals surface area contributed by atoms with Crippen LogP contribution in [0.1, 0.15) is 16.1 Å². The molecule has 0 saturated carbocycles. The van der Waals surface area contributed by atoms with Crippen LogP contribution in [0.2, 0.25) is 0 Å². The summed E-state index contributed by atoms with van der Waals surface area (Å²) < 4.78 is 17.6. The van der Waals surface area contributed by atoms with E-state index in [0.717, 1.165) is 4.68 Å². The van der Waals surface area contributed by atoms with Crippen LogP contribution in [0, 0.1) is 0 Å². The van der Waals surface area contributed by atoms with Crippen LogP contribution < -0.4 is 25.2 Å². The molecule has 148 valence electrons. The quantitative estimate of drug-likeness (QED) is 0.531. The highest BCUT2D eigenvalue weighted by Crippen LogP contribution is 2.39. The predicted molar refractivity (Wildman–Crippen MR) is 106 cm³/mol. The summed E-state index contributed by atoms with van der Waals surface area (Å²) in [5, 5.41) is 8.95. The van der Waals surface area contributed by atoms with Crippen LogP contribution in [0.4, 0.5) is 0 Å². The van der Waals surface area contributed by atoms with Gasteiger partial charge in [-0.1, -0.05) is 18.2 Å². The lowest BCUT2D eigenvalue weighted by Gasteiger charge is -2.20. The van der Waals surface area contributed by atoms with Crippen LogP contribution in [0.15, 0.2) is 46.3 Å². The van der Waals surface area contributed by atoms with E-state index in [0.29, 0.717) is 46.8 Å². The second kappa shape index (κ2) is 7.63. The first-order valence-corrected chi connectivity index (χ1v) is 8.85. The fourth-order valence-corrected chi connectivity index (χ4v) is 3.05. The molecule has 0 saturated heterocycles. The van der Waals surface area contributed by atoms with Gasteiger partial charge in [-0.25, -0.2) is 10.1 Å². The minimum Gasteiger partial charge on any atom is -0.493 e. The first-order valence-electron chi connectivity index (χ1n) is 8.85. The summed E-state index contributed by atoms with van der Waals surface area (Å²) in [6.07, 6.45) is 1.46. The van der Waals surface area contributed by atoms with Gasteiger partial charge in [0.25, 0.3) is 11.5 Å². The van der Waals surface area contributed by atoms with Crippen molar-refractivity contribution < 1.29 is 19.0 Å². The number of benzene rings is 2. The molecule has 1 aliphatic rings. The average molecular weight is 394 g/mol. The number of hydrazone groups is 1. The maximum atomic E-state index is 12.6. The molecule has 0 radical (unpaired) electrons. The molecule has 9 heteroatoms. The van der Waals surface area contributed by atoms with Gasteiger partial charge in [-0.15, -0.1) is 0 Å². The smallest absolute Gasteiger partial charge is 0.292 e. The minimum atomic E-state index is -0.530. The standard InChI is InChI=1S/C20H18N4O5/c1-24-20(26)14-6-4-3-5-13(14)17(23-24)19(25)22-21-11-12-9-15(27-2)18-16(10-12)28-7-8-29-18/h3-6,9-11H,7-8H2,1-2H3,(H,22,25)/b21-11-. The lowest BCUT2D eigenvalue weighted by atomic mass is 10.1. The largest absolute Gasteiger partial charge is 0.493 e. The molecular formula is C20H18N4O5. The first kappa shape index (κ1) is 18.5. The fourth-order valence-electron chi connectivity index (χ4n) is 3.05. The van der Waals surface area contributed by atoms with Crippen molar-refractivity contribution in [2.24, 2.45) is 12.1 Å². The summed E-state index contributed by atoms with van der Waals surface area (Å²) >= 11 is 0. The van der Waals surface area contributed by atoms with Gasteiger partial charge in [-0.3, -0.25) is 9.59 Å². The van der Waals surface area contributed by atoms with Gasteiger partial charge >= 0.3 is 0 Å². The number of methoxy groups -OCH3 is 1. The molecule has 0 unspecified atom stereocenters. The molecule has 0 spiro atoms. The Balaban J connectivity index is 1.59. The van der Waals surface area contributed by atoms with Gasteiger partial charge in [0, 0.05) is 18.0 Å². The monoisotopic (exact) mass is 394 g/mol. The summed E-state index contributed by atoms with van der Waals surface area (Å²) in [5.74, 6) is 1.08. The van der Waals surface area contributed by atoms with Crippen molar-refractivity contribution in [2.45, 2.75) is 0 Å². The molecule has 0 fully saturated rings. The number of nitrogens with one attached hydrogen (secondary N) is 1. The number of ether oxygens (including phenoxy) is 3. The van der Waals surface area contributed by atoms with Crippen molar-refractivity contribution in [1.29, 1.82) is 0 Å². The normalized spacial score (nSPS) is 12.9. The molecule has 3 aromatic rings. The zero-order chi connectivity index (χ0) is 20.4. The highest BCUT2D eigenvalue weighted by atomic mass is 16.6. The molecule has 4 rings (SSSR count). The topological polar surface area (TPSA) is 104 Å². The number of hydrogen-bond acceptors (Lipinski definition) is 7. The SMILES string of the molecule is COc1cc(/C=N\NC(=O)c2nn(C)c(=O)c3ccccc23)cc2c1OCCO2. The van der Waals surface area contributed by atoms with Gasteiger partial charge in [0.2, 0.25) is 5.75 Å². The Labute approximate surface area is 165 Å². The Morgan fingerprint density at radius 1 is 1.24 bits per heavy atom. The Kier molecular flexibility index (Phi) is 4.86. The van der Waals surface area contributed by atoms with Crippen molar-refractivity contribution >= 4 is 22.9 Å². The van der Waals surface area contributed by atoms with E-state index in [4.69, 9.17) is 14.2 Å².